The molecule has 0 unspecified atom stereocenters. The van der Waals surface area contributed by atoms with Crippen molar-refractivity contribution in [1.29, 1.82) is 0 Å². The van der Waals surface area contributed by atoms with Crippen LogP contribution >= 0.6 is 0 Å². The molecule has 0 aliphatic heterocycles. The highest BCUT2D eigenvalue weighted by molar-refractivity contribution is 6.04. The highest BCUT2D eigenvalue weighted by Gasteiger charge is 2.20. The lowest BCUT2D eigenvalue weighted by Crippen LogP contribution is -2.18. The van der Waals surface area contributed by atoms with E-state index in [1.165, 1.54) is 19.2 Å². The first-order valence-electron chi connectivity index (χ1n) is 9.04. The van der Waals surface area contributed by atoms with Gasteiger partial charge in [0.25, 0.3) is 5.91 Å². The number of nitrogens with zero attached hydrogens (tertiary/aromatic N) is 1. The molecule has 0 aliphatic carbocycles. The quantitative estimate of drug-likeness (QED) is 0.280. The Kier molecular flexibility index (Phi) is 5.73. The lowest BCUT2D eigenvalue weighted by molar-refractivity contribution is 0.0960. The molecule has 0 saturated heterocycles. The topological polar surface area (TPSA) is 130 Å². The fourth-order valence-electron chi connectivity index (χ4n) is 2.90. The number of H-pyrrole nitrogens is 1. The first-order valence-corrected chi connectivity index (χ1v) is 9.04. The number of aliphatic imine (C=N–C) groups is 1. The van der Waals surface area contributed by atoms with Gasteiger partial charge in [0.05, 0.1) is 11.3 Å². The molecular formula is C21H22N4O4. The van der Waals surface area contributed by atoms with Gasteiger partial charge in [-0.05, 0) is 24.1 Å². The molecule has 1 amide bonds. The molecule has 6 N–H and O–H groups in total. The smallest absolute Gasteiger partial charge is 0.254 e. The van der Waals surface area contributed by atoms with Crippen LogP contribution in [0.5, 0.6) is 17.5 Å². The Morgan fingerprint density at radius 3 is 2.41 bits per heavy atom. The summed E-state index contributed by atoms with van der Waals surface area (Å²) in [6, 6.07) is 14.1. The van der Waals surface area contributed by atoms with Gasteiger partial charge in [-0.2, -0.15) is 0 Å². The van der Waals surface area contributed by atoms with E-state index in [4.69, 9.17) is 0 Å². The highest BCUT2D eigenvalue weighted by atomic mass is 16.3. The molecule has 0 fully saturated rings. The van der Waals surface area contributed by atoms with Crippen LogP contribution in [0.4, 0.5) is 17.1 Å². The van der Waals surface area contributed by atoms with Crippen molar-refractivity contribution in [2.24, 2.45) is 4.99 Å². The first kappa shape index (κ1) is 19.8. The van der Waals surface area contributed by atoms with Crippen molar-refractivity contribution < 1.29 is 20.1 Å². The second-order valence-electron chi connectivity index (χ2n) is 6.23. The van der Waals surface area contributed by atoms with E-state index in [-0.39, 0.29) is 40.1 Å². The fraction of sp³-hybridized carbons (Fsp3) is 0.143. The van der Waals surface area contributed by atoms with Gasteiger partial charge in [0.1, 0.15) is 5.69 Å². The summed E-state index contributed by atoms with van der Waals surface area (Å²) in [6.45, 7) is 1.93. The summed E-state index contributed by atoms with van der Waals surface area (Å²) in [7, 11) is 1.46. The Bertz CT molecular complexity index is 1060. The number of para-hydroxylation sites is 1. The predicted octanol–water partition coefficient (Wildman–Crippen LogP) is 3.77. The molecule has 8 nitrogen and oxygen atoms in total. The number of phenolic OH excluding ortho intramolecular Hbond substituents is 1. The van der Waals surface area contributed by atoms with Crippen molar-refractivity contribution in [2.75, 3.05) is 12.4 Å². The zero-order valence-corrected chi connectivity index (χ0v) is 16.0. The van der Waals surface area contributed by atoms with E-state index in [0.717, 1.165) is 5.56 Å². The van der Waals surface area contributed by atoms with Crippen LogP contribution in [0.1, 0.15) is 29.3 Å². The van der Waals surface area contributed by atoms with Crippen LogP contribution in [0.25, 0.3) is 0 Å². The SMILES string of the molecule is CCC(=Nc1c(O)[nH]c(O)c1Nc1cccc(C(=O)NC)c1O)c1ccccc1. The van der Waals surface area contributed by atoms with Gasteiger partial charge in [-0.15, -0.1) is 0 Å². The molecule has 2 aromatic carbocycles. The maximum Gasteiger partial charge on any atom is 0.254 e. The van der Waals surface area contributed by atoms with Gasteiger partial charge < -0.3 is 26.0 Å². The third-order valence-corrected chi connectivity index (χ3v) is 4.39. The van der Waals surface area contributed by atoms with Crippen LogP contribution in [0.15, 0.2) is 53.5 Å². The number of phenols is 1. The molecule has 150 valence electrons. The number of benzene rings is 2. The summed E-state index contributed by atoms with van der Waals surface area (Å²) >= 11 is 0. The van der Waals surface area contributed by atoms with Gasteiger partial charge in [0.15, 0.2) is 11.4 Å². The zero-order valence-electron chi connectivity index (χ0n) is 16.0. The Hall–Kier alpha value is -3.94. The number of carbonyl (C=O) groups excluding carboxylic acids is 1. The van der Waals surface area contributed by atoms with Gasteiger partial charge >= 0.3 is 0 Å². The van der Waals surface area contributed by atoms with Crippen LogP contribution in [-0.4, -0.2) is 39.0 Å². The minimum absolute atomic E-state index is 0.0698. The van der Waals surface area contributed by atoms with Gasteiger partial charge in [-0.3, -0.25) is 9.78 Å². The zero-order chi connectivity index (χ0) is 21.0. The van der Waals surface area contributed by atoms with Crippen LogP contribution in [0.2, 0.25) is 0 Å². The Balaban J connectivity index is 2.05. The van der Waals surface area contributed by atoms with E-state index in [1.54, 1.807) is 6.07 Å². The molecule has 29 heavy (non-hydrogen) atoms. The number of hydrogen-bond acceptors (Lipinski definition) is 6. The number of amides is 1. The molecule has 0 bridgehead atoms. The number of aromatic hydroxyl groups is 3. The fourth-order valence-corrected chi connectivity index (χ4v) is 2.90. The second-order valence-corrected chi connectivity index (χ2v) is 6.23. The molecule has 0 aliphatic rings. The third kappa shape index (κ3) is 4.01. The van der Waals surface area contributed by atoms with Crippen LogP contribution in [-0.2, 0) is 0 Å². The maximum atomic E-state index is 11.9. The van der Waals surface area contributed by atoms with Crippen molar-refractivity contribution >= 4 is 28.7 Å². The number of carbonyl (C=O) groups is 1. The van der Waals surface area contributed by atoms with Crippen molar-refractivity contribution in [3.05, 3.63) is 59.7 Å². The van der Waals surface area contributed by atoms with Gasteiger partial charge in [-0.25, -0.2) is 4.99 Å². The molecule has 1 heterocycles. The van der Waals surface area contributed by atoms with Crippen molar-refractivity contribution in [2.45, 2.75) is 13.3 Å². The van der Waals surface area contributed by atoms with Gasteiger partial charge in [-0.1, -0.05) is 43.3 Å². The number of hydrogen-bond donors (Lipinski definition) is 6. The van der Waals surface area contributed by atoms with Gasteiger partial charge in [0, 0.05) is 12.8 Å². The van der Waals surface area contributed by atoms with E-state index in [9.17, 15) is 20.1 Å². The molecular weight excluding hydrogens is 372 g/mol. The van der Waals surface area contributed by atoms with E-state index in [0.29, 0.717) is 12.1 Å². The van der Waals surface area contributed by atoms with E-state index >= 15 is 0 Å². The summed E-state index contributed by atoms with van der Waals surface area (Å²) in [6.07, 6.45) is 0.590. The molecule has 0 atom stereocenters. The van der Waals surface area contributed by atoms with E-state index in [1.807, 2.05) is 37.3 Å². The normalized spacial score (nSPS) is 11.3. The molecule has 8 heteroatoms. The Morgan fingerprint density at radius 2 is 1.76 bits per heavy atom. The Labute approximate surface area is 167 Å². The standard InChI is InChI=1S/C21H22N4O4/c1-3-14(12-8-5-4-6-9-12)23-16-17(21(29)25-20(16)28)24-15-11-7-10-13(18(15)26)19(27)22-2/h4-11,24-26,28-29H,3H2,1-2H3,(H,22,27). The number of aromatic nitrogens is 1. The summed E-state index contributed by atoms with van der Waals surface area (Å²) in [5, 5.41) is 36.2. The van der Waals surface area contributed by atoms with E-state index < -0.39 is 5.91 Å². The minimum Gasteiger partial charge on any atom is -0.505 e. The lowest BCUT2D eigenvalue weighted by atomic mass is 10.1. The minimum atomic E-state index is -0.456. The highest BCUT2D eigenvalue weighted by Crippen LogP contribution is 2.45. The molecule has 0 radical (unpaired) electrons. The summed E-state index contributed by atoms with van der Waals surface area (Å²) in [5.74, 6) is -1.42. The summed E-state index contributed by atoms with van der Waals surface area (Å²) < 4.78 is 0. The predicted molar refractivity (Wildman–Crippen MR) is 112 cm³/mol. The van der Waals surface area contributed by atoms with Crippen molar-refractivity contribution in [3.63, 3.8) is 0 Å². The molecule has 0 spiro atoms. The first-order chi connectivity index (χ1) is 14.0. The molecule has 1 aromatic heterocycles. The summed E-state index contributed by atoms with van der Waals surface area (Å²) in [5.41, 5.74) is 1.99. The van der Waals surface area contributed by atoms with Crippen molar-refractivity contribution in [3.8, 4) is 17.5 Å². The molecule has 3 rings (SSSR count). The maximum absolute atomic E-state index is 11.9. The van der Waals surface area contributed by atoms with Crippen LogP contribution in [0.3, 0.4) is 0 Å². The number of nitrogens with one attached hydrogen (secondary N) is 3. The van der Waals surface area contributed by atoms with E-state index in [2.05, 4.69) is 20.6 Å². The third-order valence-electron chi connectivity index (χ3n) is 4.39. The largest absolute Gasteiger partial charge is 0.505 e. The monoisotopic (exact) mass is 394 g/mol. The van der Waals surface area contributed by atoms with Crippen molar-refractivity contribution in [1.82, 2.24) is 10.3 Å². The summed E-state index contributed by atoms with van der Waals surface area (Å²) in [4.78, 5) is 18.8. The average Bonchev–Trinajstić information content (AvgIpc) is 3.00. The number of rotatable bonds is 6. The van der Waals surface area contributed by atoms with Gasteiger partial charge in [0.2, 0.25) is 11.8 Å². The molecule has 3 aromatic rings. The average molecular weight is 394 g/mol. The lowest BCUT2D eigenvalue weighted by Gasteiger charge is -2.12. The number of aromatic amines is 1. The second kappa shape index (κ2) is 8.39. The number of anilines is 2. The Morgan fingerprint density at radius 1 is 1.03 bits per heavy atom. The van der Waals surface area contributed by atoms with Crippen LogP contribution < -0.4 is 10.6 Å². The van der Waals surface area contributed by atoms with Crippen LogP contribution in [0, 0.1) is 0 Å². The molecule has 0 saturated carbocycles.